The molecule has 8 heteroatoms. The molecule has 1 fully saturated rings. The van der Waals surface area contributed by atoms with E-state index < -0.39 is 29.9 Å². The number of nitrogens with one attached hydrogen (secondary N) is 2. The molecule has 8 nitrogen and oxygen atoms in total. The van der Waals surface area contributed by atoms with E-state index in [-0.39, 0.29) is 5.91 Å². The summed E-state index contributed by atoms with van der Waals surface area (Å²) in [7, 11) is 3.31. The van der Waals surface area contributed by atoms with Crippen molar-refractivity contribution in [1.82, 2.24) is 15.1 Å². The predicted molar refractivity (Wildman–Crippen MR) is 125 cm³/mol. The molecule has 3 aromatic rings. The summed E-state index contributed by atoms with van der Waals surface area (Å²) < 4.78 is 0. The molecule has 1 saturated heterocycles. The van der Waals surface area contributed by atoms with Crippen molar-refractivity contribution in [2.45, 2.75) is 12.5 Å². The lowest BCUT2D eigenvalue weighted by Gasteiger charge is -2.24. The van der Waals surface area contributed by atoms with Crippen LogP contribution in [0.25, 0.3) is 10.8 Å². The largest absolute Gasteiger partial charge is 0.345 e. The number of benzene rings is 3. The minimum Gasteiger partial charge on any atom is -0.345 e. The molecule has 1 atom stereocenters. The van der Waals surface area contributed by atoms with Gasteiger partial charge in [0.05, 0.1) is 0 Å². The van der Waals surface area contributed by atoms with E-state index in [9.17, 15) is 19.2 Å². The number of carbonyl (C=O) groups excluding carboxylic acids is 4. The van der Waals surface area contributed by atoms with Crippen molar-refractivity contribution in [3.05, 3.63) is 77.9 Å². The van der Waals surface area contributed by atoms with Crippen LogP contribution >= 0.6 is 0 Å². The standard InChI is InChI=1S/C25H24N4O4/c1-25(20-10-6-8-16-7-4-5-9-19(16)20)23(32)29(24(33)27-25)15-21(30)26-18-13-11-17(12-14-18)22(31)28(2)3/h4-14H,15H2,1-3H3,(H,26,30)(H,27,33)/t25-/m0/s1. The zero-order valence-corrected chi connectivity index (χ0v) is 18.6. The van der Waals surface area contributed by atoms with E-state index in [1.807, 2.05) is 36.4 Å². The third kappa shape index (κ3) is 4.03. The van der Waals surface area contributed by atoms with Gasteiger partial charge in [0.25, 0.3) is 11.8 Å². The summed E-state index contributed by atoms with van der Waals surface area (Å²) in [6, 6.07) is 19.0. The Morgan fingerprint density at radius 3 is 2.33 bits per heavy atom. The predicted octanol–water partition coefficient (Wildman–Crippen LogP) is 2.95. The van der Waals surface area contributed by atoms with Crippen LogP contribution in [0.15, 0.2) is 66.7 Å². The Hall–Kier alpha value is -4.20. The number of amides is 5. The summed E-state index contributed by atoms with van der Waals surface area (Å²) in [6.07, 6.45) is 0. The van der Waals surface area contributed by atoms with Crippen molar-refractivity contribution < 1.29 is 19.2 Å². The van der Waals surface area contributed by atoms with Gasteiger partial charge >= 0.3 is 6.03 Å². The van der Waals surface area contributed by atoms with Crippen molar-refractivity contribution in [2.75, 3.05) is 26.0 Å². The van der Waals surface area contributed by atoms with Crippen molar-refractivity contribution in [3.8, 4) is 0 Å². The van der Waals surface area contributed by atoms with Gasteiger partial charge in [-0.25, -0.2) is 4.79 Å². The maximum atomic E-state index is 13.3. The molecule has 0 bridgehead atoms. The molecule has 1 aliphatic heterocycles. The first-order valence-corrected chi connectivity index (χ1v) is 10.4. The van der Waals surface area contributed by atoms with E-state index in [4.69, 9.17) is 0 Å². The number of hydrogen-bond donors (Lipinski definition) is 2. The Labute approximate surface area is 191 Å². The highest BCUT2D eigenvalue weighted by Gasteiger charge is 2.50. The number of nitrogens with zero attached hydrogens (tertiary/aromatic N) is 2. The van der Waals surface area contributed by atoms with Crippen LogP contribution in [0.3, 0.4) is 0 Å². The molecular formula is C25H24N4O4. The number of hydrogen-bond acceptors (Lipinski definition) is 4. The fourth-order valence-electron chi connectivity index (χ4n) is 3.98. The maximum absolute atomic E-state index is 13.3. The second kappa shape index (κ2) is 8.38. The number of rotatable bonds is 5. The smallest absolute Gasteiger partial charge is 0.325 e. The lowest BCUT2D eigenvalue weighted by Crippen LogP contribution is -2.42. The lowest BCUT2D eigenvalue weighted by atomic mass is 9.88. The first-order valence-electron chi connectivity index (χ1n) is 10.4. The minimum atomic E-state index is -1.29. The zero-order valence-electron chi connectivity index (χ0n) is 18.6. The summed E-state index contributed by atoms with van der Waals surface area (Å²) in [4.78, 5) is 52.9. The first kappa shape index (κ1) is 22.0. The fraction of sp³-hybridized carbons (Fsp3) is 0.200. The highest BCUT2D eigenvalue weighted by atomic mass is 16.2. The molecule has 0 saturated carbocycles. The van der Waals surface area contributed by atoms with Gasteiger partial charge in [-0.1, -0.05) is 42.5 Å². The van der Waals surface area contributed by atoms with Gasteiger partial charge in [0, 0.05) is 25.3 Å². The van der Waals surface area contributed by atoms with Crippen molar-refractivity contribution in [2.24, 2.45) is 0 Å². The Balaban J connectivity index is 1.50. The van der Waals surface area contributed by atoms with Crippen LogP contribution in [0.4, 0.5) is 10.5 Å². The molecule has 4 rings (SSSR count). The number of urea groups is 1. The van der Waals surface area contributed by atoms with Crippen molar-refractivity contribution in [3.63, 3.8) is 0 Å². The highest BCUT2D eigenvalue weighted by molar-refractivity contribution is 6.11. The SMILES string of the molecule is CN(C)C(=O)c1ccc(NC(=O)CN2C(=O)N[C@@](C)(c3cccc4ccccc34)C2=O)cc1. The number of carbonyl (C=O) groups is 4. The number of fused-ring (bicyclic) bond motifs is 1. The molecule has 0 radical (unpaired) electrons. The Kier molecular flexibility index (Phi) is 5.59. The van der Waals surface area contributed by atoms with Crippen LogP contribution in [0.5, 0.6) is 0 Å². The lowest BCUT2D eigenvalue weighted by molar-refractivity contribution is -0.133. The molecule has 0 aliphatic carbocycles. The molecule has 1 aliphatic rings. The fourth-order valence-corrected chi connectivity index (χ4v) is 3.98. The average Bonchev–Trinajstić information content (AvgIpc) is 3.02. The first-order chi connectivity index (χ1) is 15.7. The monoisotopic (exact) mass is 444 g/mol. The van der Waals surface area contributed by atoms with Gasteiger partial charge in [0.2, 0.25) is 5.91 Å². The summed E-state index contributed by atoms with van der Waals surface area (Å²) in [5, 5.41) is 7.22. The molecule has 5 amide bonds. The number of anilines is 1. The van der Waals surface area contributed by atoms with Gasteiger partial charge in [-0.3, -0.25) is 19.3 Å². The molecule has 168 valence electrons. The minimum absolute atomic E-state index is 0.153. The van der Waals surface area contributed by atoms with Gasteiger partial charge in [-0.15, -0.1) is 0 Å². The highest BCUT2D eigenvalue weighted by Crippen LogP contribution is 2.33. The Morgan fingerprint density at radius 2 is 1.64 bits per heavy atom. The van der Waals surface area contributed by atoms with E-state index in [1.165, 1.54) is 4.90 Å². The molecule has 2 N–H and O–H groups in total. The summed E-state index contributed by atoms with van der Waals surface area (Å²) in [6.45, 7) is 1.22. The van der Waals surface area contributed by atoms with Crippen LogP contribution in [0, 0.1) is 0 Å². The van der Waals surface area contributed by atoms with Gasteiger partial charge in [0.1, 0.15) is 12.1 Å². The normalized spacial score (nSPS) is 17.7. The summed E-state index contributed by atoms with van der Waals surface area (Å²) in [5.41, 5.74) is 0.326. The molecule has 1 heterocycles. The van der Waals surface area contributed by atoms with Crippen LogP contribution in [0.2, 0.25) is 0 Å². The third-order valence-corrected chi connectivity index (χ3v) is 5.73. The average molecular weight is 444 g/mol. The van der Waals surface area contributed by atoms with E-state index in [2.05, 4.69) is 10.6 Å². The Bertz CT molecular complexity index is 1260. The second-order valence-electron chi connectivity index (χ2n) is 8.30. The van der Waals surface area contributed by atoms with Gasteiger partial charge in [-0.2, -0.15) is 0 Å². The molecule has 3 aromatic carbocycles. The molecule has 0 aromatic heterocycles. The van der Waals surface area contributed by atoms with Gasteiger partial charge in [0.15, 0.2) is 0 Å². The van der Waals surface area contributed by atoms with E-state index >= 15 is 0 Å². The van der Waals surface area contributed by atoms with Gasteiger partial charge in [-0.05, 0) is 47.5 Å². The third-order valence-electron chi connectivity index (χ3n) is 5.73. The number of imide groups is 1. The molecule has 0 unspecified atom stereocenters. The van der Waals surface area contributed by atoms with Crippen molar-refractivity contribution >= 4 is 40.2 Å². The summed E-state index contributed by atoms with van der Waals surface area (Å²) >= 11 is 0. The van der Waals surface area contributed by atoms with Crippen LogP contribution in [0.1, 0.15) is 22.8 Å². The van der Waals surface area contributed by atoms with Crippen LogP contribution in [-0.4, -0.2) is 54.2 Å². The zero-order chi connectivity index (χ0) is 23.8. The van der Waals surface area contributed by atoms with E-state index in [0.29, 0.717) is 16.8 Å². The van der Waals surface area contributed by atoms with E-state index in [0.717, 1.165) is 15.7 Å². The quantitative estimate of drug-likeness (QED) is 0.591. The maximum Gasteiger partial charge on any atom is 0.325 e. The second-order valence-corrected chi connectivity index (χ2v) is 8.30. The molecule has 33 heavy (non-hydrogen) atoms. The van der Waals surface area contributed by atoms with Crippen molar-refractivity contribution in [1.29, 1.82) is 0 Å². The van der Waals surface area contributed by atoms with Gasteiger partial charge < -0.3 is 15.5 Å². The topological polar surface area (TPSA) is 98.8 Å². The Morgan fingerprint density at radius 1 is 0.970 bits per heavy atom. The molecule has 0 spiro atoms. The summed E-state index contributed by atoms with van der Waals surface area (Å²) in [5.74, 6) is -1.17. The molecular weight excluding hydrogens is 420 g/mol. The van der Waals surface area contributed by atoms with Crippen LogP contribution < -0.4 is 10.6 Å². The van der Waals surface area contributed by atoms with Crippen LogP contribution in [-0.2, 0) is 15.1 Å². The van der Waals surface area contributed by atoms with E-state index in [1.54, 1.807) is 51.4 Å².